The van der Waals surface area contributed by atoms with E-state index in [1.807, 2.05) is 4.90 Å². The number of fused-ring (bicyclic) bond motifs is 1. The van der Waals surface area contributed by atoms with Gasteiger partial charge in [0.05, 0.1) is 30.5 Å². The number of methoxy groups -OCH3 is 1. The number of amides is 1. The number of rotatable bonds is 6. The molecule has 2 aliphatic rings. The van der Waals surface area contributed by atoms with Crippen molar-refractivity contribution in [2.24, 2.45) is 0 Å². The third-order valence-electron chi connectivity index (χ3n) is 6.07. The number of carbonyl (C=O) groups is 1. The number of anilines is 3. The highest BCUT2D eigenvalue weighted by atomic mass is 19.1. The van der Waals surface area contributed by atoms with Crippen molar-refractivity contribution in [3.8, 4) is 5.75 Å². The number of aryl methyl sites for hydroxylation is 1. The lowest BCUT2D eigenvalue weighted by Gasteiger charge is -2.45. The van der Waals surface area contributed by atoms with E-state index >= 15 is 0 Å². The average molecular weight is 455 g/mol. The van der Waals surface area contributed by atoms with Gasteiger partial charge in [0.25, 0.3) is 0 Å². The van der Waals surface area contributed by atoms with Crippen LogP contribution in [0, 0.1) is 12.7 Å². The predicted molar refractivity (Wildman–Crippen MR) is 119 cm³/mol. The Bertz CT molecular complexity index is 1230. The Balaban J connectivity index is 1.51. The van der Waals surface area contributed by atoms with Crippen molar-refractivity contribution in [1.82, 2.24) is 14.9 Å². The molecule has 1 amide bonds. The molecule has 2 aromatic carbocycles. The minimum Gasteiger partial charge on any atom is -0.494 e. The van der Waals surface area contributed by atoms with Crippen LogP contribution in [0.2, 0.25) is 0 Å². The monoisotopic (exact) mass is 455 g/mol. The quantitative estimate of drug-likeness (QED) is 0.606. The molecule has 0 aliphatic carbocycles. The fraction of sp³-hybridized carbons (Fsp3) is 0.348. The minimum absolute atomic E-state index is 0.286. The number of hydrogen-bond acceptors (Lipinski definition) is 7. The summed E-state index contributed by atoms with van der Waals surface area (Å²) in [7, 11) is 1.51. The van der Waals surface area contributed by atoms with Crippen molar-refractivity contribution < 1.29 is 23.0 Å². The summed E-state index contributed by atoms with van der Waals surface area (Å²) in [5.74, 6) is 0.474. The summed E-state index contributed by atoms with van der Waals surface area (Å²) in [6.07, 6.45) is 0.883. The second-order valence-corrected chi connectivity index (χ2v) is 8.36. The molecule has 3 heterocycles. The summed E-state index contributed by atoms with van der Waals surface area (Å²) in [6.45, 7) is 2.85. The van der Waals surface area contributed by atoms with Crippen LogP contribution in [0.5, 0.6) is 5.75 Å². The van der Waals surface area contributed by atoms with E-state index in [4.69, 9.17) is 9.47 Å². The van der Waals surface area contributed by atoms with Crippen molar-refractivity contribution in [1.29, 1.82) is 0 Å². The van der Waals surface area contributed by atoms with E-state index in [0.29, 0.717) is 59.9 Å². The summed E-state index contributed by atoms with van der Waals surface area (Å²) in [4.78, 5) is 24.8. The lowest BCUT2D eigenvalue weighted by Crippen LogP contribution is -2.64. The summed E-state index contributed by atoms with van der Waals surface area (Å²) in [6, 6.07) is 8.51. The van der Waals surface area contributed by atoms with Crippen LogP contribution >= 0.6 is 0 Å². The van der Waals surface area contributed by atoms with Crippen molar-refractivity contribution >= 4 is 34.2 Å². The topological polar surface area (TPSA) is 79.8 Å². The lowest BCUT2D eigenvalue weighted by molar-refractivity contribution is -0.0736. The molecule has 0 radical (unpaired) electrons. The molecule has 0 bridgehead atoms. The van der Waals surface area contributed by atoms with Crippen molar-refractivity contribution in [2.75, 3.05) is 50.2 Å². The Morgan fingerprint density at radius 2 is 2.06 bits per heavy atom. The van der Waals surface area contributed by atoms with Gasteiger partial charge in [-0.2, -0.15) is 0 Å². The molecule has 10 heteroatoms. The summed E-state index contributed by atoms with van der Waals surface area (Å²) < 4.78 is 38.4. The standard InChI is InChI=1S/C23H23F2N5O3/c1-14-4-3-5-16(20(14)25)28-21-15-8-18(19(32-2)9-17(15)26-13-27-21)30-12-23(33-22(30)31)10-29(11-23)7-6-24/h3-5,8-9,13H,6-7,10-12H2,1-2H3,(H,26,27,28). The van der Waals surface area contributed by atoms with E-state index in [-0.39, 0.29) is 11.5 Å². The highest BCUT2D eigenvalue weighted by Crippen LogP contribution is 2.41. The number of ether oxygens (including phenoxy) is 2. The molecule has 1 spiro atoms. The Labute approximate surface area is 189 Å². The molecule has 0 atom stereocenters. The van der Waals surface area contributed by atoms with Crippen LogP contribution in [-0.2, 0) is 4.74 Å². The first kappa shape index (κ1) is 21.3. The molecule has 3 aromatic rings. The summed E-state index contributed by atoms with van der Waals surface area (Å²) in [5.41, 5.74) is 1.20. The fourth-order valence-electron chi connectivity index (χ4n) is 4.44. The number of hydrogen-bond donors (Lipinski definition) is 1. The smallest absolute Gasteiger partial charge is 0.415 e. The number of carbonyl (C=O) groups excluding carboxylic acids is 1. The zero-order valence-electron chi connectivity index (χ0n) is 18.3. The van der Waals surface area contributed by atoms with Crippen LogP contribution in [0.1, 0.15) is 5.56 Å². The number of halogens is 2. The maximum absolute atomic E-state index is 14.6. The van der Waals surface area contributed by atoms with Gasteiger partial charge in [0, 0.05) is 31.1 Å². The zero-order valence-corrected chi connectivity index (χ0v) is 18.3. The van der Waals surface area contributed by atoms with Gasteiger partial charge in [0.2, 0.25) is 0 Å². The largest absolute Gasteiger partial charge is 0.494 e. The van der Waals surface area contributed by atoms with Gasteiger partial charge < -0.3 is 14.8 Å². The van der Waals surface area contributed by atoms with Crippen molar-refractivity contribution in [3.05, 3.63) is 48.0 Å². The SMILES string of the molecule is COc1cc2ncnc(Nc3cccc(C)c3F)c2cc1N1CC2(CN(CCF)C2)OC1=O. The Kier molecular flexibility index (Phi) is 5.24. The van der Waals surface area contributed by atoms with Gasteiger partial charge in [0.1, 0.15) is 30.4 Å². The molecule has 1 N–H and O–H groups in total. The van der Waals surface area contributed by atoms with E-state index in [1.54, 1.807) is 37.3 Å². The van der Waals surface area contributed by atoms with Gasteiger partial charge in [-0.15, -0.1) is 0 Å². The van der Waals surface area contributed by atoms with Gasteiger partial charge in [-0.1, -0.05) is 12.1 Å². The second-order valence-electron chi connectivity index (χ2n) is 8.36. The van der Waals surface area contributed by atoms with Gasteiger partial charge >= 0.3 is 6.09 Å². The zero-order chi connectivity index (χ0) is 23.2. The number of benzene rings is 2. The predicted octanol–water partition coefficient (Wildman–Crippen LogP) is 3.81. The maximum Gasteiger partial charge on any atom is 0.415 e. The van der Waals surface area contributed by atoms with E-state index in [0.717, 1.165) is 0 Å². The number of alkyl halides is 1. The molecular weight excluding hydrogens is 432 g/mol. The van der Waals surface area contributed by atoms with E-state index in [1.165, 1.54) is 18.3 Å². The van der Waals surface area contributed by atoms with E-state index < -0.39 is 18.4 Å². The summed E-state index contributed by atoms with van der Waals surface area (Å²) in [5, 5.41) is 3.63. The molecule has 2 saturated heterocycles. The third kappa shape index (κ3) is 3.70. The second kappa shape index (κ2) is 8.11. The minimum atomic E-state index is -0.662. The van der Waals surface area contributed by atoms with Gasteiger partial charge in [-0.3, -0.25) is 9.80 Å². The number of nitrogens with zero attached hydrogens (tertiary/aromatic N) is 4. The molecule has 33 heavy (non-hydrogen) atoms. The molecule has 2 fully saturated rings. The first-order valence-corrected chi connectivity index (χ1v) is 10.6. The molecule has 0 saturated carbocycles. The van der Waals surface area contributed by atoms with Gasteiger partial charge in [0.15, 0.2) is 5.60 Å². The normalized spacial score (nSPS) is 17.3. The molecule has 2 aliphatic heterocycles. The molecule has 0 unspecified atom stereocenters. The van der Waals surface area contributed by atoms with E-state index in [2.05, 4.69) is 15.3 Å². The number of nitrogens with one attached hydrogen (secondary N) is 1. The highest BCUT2D eigenvalue weighted by Gasteiger charge is 2.54. The highest BCUT2D eigenvalue weighted by molar-refractivity contribution is 6.00. The molecular formula is C23H23F2N5O3. The molecule has 8 nitrogen and oxygen atoms in total. The van der Waals surface area contributed by atoms with E-state index in [9.17, 15) is 13.6 Å². The molecule has 172 valence electrons. The first-order valence-electron chi connectivity index (χ1n) is 10.6. The summed E-state index contributed by atoms with van der Waals surface area (Å²) >= 11 is 0. The Morgan fingerprint density at radius 1 is 1.24 bits per heavy atom. The third-order valence-corrected chi connectivity index (χ3v) is 6.07. The van der Waals surface area contributed by atoms with Crippen LogP contribution in [0.15, 0.2) is 36.7 Å². The Morgan fingerprint density at radius 3 is 2.82 bits per heavy atom. The van der Waals surface area contributed by atoms with Crippen LogP contribution in [-0.4, -0.2) is 66.5 Å². The first-order chi connectivity index (χ1) is 15.9. The molecule has 5 rings (SSSR count). The number of aromatic nitrogens is 2. The van der Waals surface area contributed by atoms with Crippen LogP contribution < -0.4 is 15.0 Å². The average Bonchev–Trinajstić information content (AvgIpc) is 3.13. The van der Waals surface area contributed by atoms with Gasteiger partial charge in [-0.25, -0.2) is 23.5 Å². The van der Waals surface area contributed by atoms with Crippen LogP contribution in [0.4, 0.5) is 30.8 Å². The Hall–Kier alpha value is -3.53. The van der Waals surface area contributed by atoms with Crippen LogP contribution in [0.25, 0.3) is 10.9 Å². The van der Waals surface area contributed by atoms with Crippen LogP contribution in [0.3, 0.4) is 0 Å². The maximum atomic E-state index is 14.6. The van der Waals surface area contributed by atoms with Crippen molar-refractivity contribution in [3.63, 3.8) is 0 Å². The fourth-order valence-corrected chi connectivity index (χ4v) is 4.44. The molecule has 1 aromatic heterocycles. The van der Waals surface area contributed by atoms with Gasteiger partial charge in [-0.05, 0) is 24.6 Å². The lowest BCUT2D eigenvalue weighted by atomic mass is 9.94. The van der Waals surface area contributed by atoms with Crippen molar-refractivity contribution in [2.45, 2.75) is 12.5 Å². The number of likely N-dealkylation sites (tertiary alicyclic amines) is 1.